The first-order chi connectivity index (χ1) is 16.0. The molecule has 2 fully saturated rings. The molecule has 3 N–H and O–H groups in total. The van der Waals surface area contributed by atoms with Crippen molar-refractivity contribution in [2.45, 2.75) is 50.4 Å². The van der Waals surface area contributed by atoms with Crippen LogP contribution >= 0.6 is 0 Å². The van der Waals surface area contributed by atoms with Gasteiger partial charge in [0.1, 0.15) is 6.04 Å². The van der Waals surface area contributed by atoms with Crippen LogP contribution in [0.2, 0.25) is 0 Å². The maximum atomic E-state index is 13.0. The Balaban J connectivity index is 1.25. The minimum Gasteiger partial charge on any atom is -0.310 e. The monoisotopic (exact) mass is 446 g/mol. The molecule has 5 rings (SSSR count). The van der Waals surface area contributed by atoms with Gasteiger partial charge in [-0.15, -0.1) is 0 Å². The molecule has 0 aliphatic carbocycles. The Hall–Kier alpha value is -3.36. The molecule has 0 aromatic heterocycles. The summed E-state index contributed by atoms with van der Waals surface area (Å²) in [6.45, 7) is 1.51. The number of hydrogen-bond acceptors (Lipinski definition) is 6. The van der Waals surface area contributed by atoms with E-state index >= 15 is 0 Å². The van der Waals surface area contributed by atoms with Crippen molar-refractivity contribution >= 4 is 23.6 Å². The first kappa shape index (κ1) is 21.5. The van der Waals surface area contributed by atoms with E-state index in [-0.39, 0.29) is 18.7 Å². The molecule has 2 saturated heterocycles. The Bertz CT molecular complexity index is 1120. The van der Waals surface area contributed by atoms with E-state index in [1.165, 1.54) is 5.56 Å². The van der Waals surface area contributed by atoms with Crippen molar-refractivity contribution in [2.75, 3.05) is 6.54 Å². The fraction of sp³-hybridized carbons (Fsp3) is 0.360. The molecule has 3 aliphatic rings. The molecule has 3 unspecified atom stereocenters. The van der Waals surface area contributed by atoms with Gasteiger partial charge in [-0.1, -0.05) is 36.4 Å². The smallest absolute Gasteiger partial charge is 0.262 e. The summed E-state index contributed by atoms with van der Waals surface area (Å²) < 4.78 is 0. The molecule has 8 heteroatoms. The lowest BCUT2D eigenvalue weighted by Gasteiger charge is -2.31. The highest BCUT2D eigenvalue weighted by molar-refractivity contribution is 6.23. The van der Waals surface area contributed by atoms with Crippen LogP contribution in [0.15, 0.2) is 48.5 Å². The zero-order valence-corrected chi connectivity index (χ0v) is 18.2. The molecular weight excluding hydrogens is 420 g/mol. The molecule has 0 spiro atoms. The zero-order valence-electron chi connectivity index (χ0n) is 18.2. The van der Waals surface area contributed by atoms with E-state index in [9.17, 15) is 19.2 Å². The van der Waals surface area contributed by atoms with Crippen molar-refractivity contribution in [3.63, 3.8) is 0 Å². The van der Waals surface area contributed by atoms with Crippen LogP contribution in [-0.4, -0.2) is 47.2 Å². The second-order valence-corrected chi connectivity index (χ2v) is 8.85. The van der Waals surface area contributed by atoms with Gasteiger partial charge in [0, 0.05) is 25.0 Å². The number of amides is 4. The number of hydrogen-bond donors (Lipinski definition) is 3. The molecular formula is C25H26N4O4. The van der Waals surface area contributed by atoms with E-state index in [4.69, 9.17) is 0 Å². The van der Waals surface area contributed by atoms with Crippen LogP contribution in [0, 0.1) is 0 Å². The highest BCUT2D eigenvalue weighted by Crippen LogP contribution is 2.29. The third-order valence-corrected chi connectivity index (χ3v) is 6.70. The SMILES string of the molecule is O=C1CCC(N2C(=O)c3ccc(CNC4CCNC(c5ccccc5)C4)cc3C2=O)C(=O)N1. The summed E-state index contributed by atoms with van der Waals surface area (Å²) in [6.07, 6.45) is 2.24. The van der Waals surface area contributed by atoms with Crippen LogP contribution in [-0.2, 0) is 16.1 Å². The van der Waals surface area contributed by atoms with Gasteiger partial charge in [-0.05, 0) is 49.1 Å². The van der Waals surface area contributed by atoms with Gasteiger partial charge in [-0.3, -0.25) is 29.4 Å². The molecule has 2 aromatic rings. The molecule has 4 amide bonds. The van der Waals surface area contributed by atoms with Crippen LogP contribution in [0.25, 0.3) is 0 Å². The second-order valence-electron chi connectivity index (χ2n) is 8.85. The average molecular weight is 447 g/mol. The first-order valence-electron chi connectivity index (χ1n) is 11.4. The number of imide groups is 2. The van der Waals surface area contributed by atoms with Crippen LogP contribution in [0.1, 0.15) is 63.6 Å². The largest absolute Gasteiger partial charge is 0.310 e. The number of nitrogens with one attached hydrogen (secondary N) is 3. The quantitative estimate of drug-likeness (QED) is 0.603. The predicted molar refractivity (Wildman–Crippen MR) is 120 cm³/mol. The van der Waals surface area contributed by atoms with E-state index in [0.717, 1.165) is 29.8 Å². The van der Waals surface area contributed by atoms with Gasteiger partial charge in [0.15, 0.2) is 0 Å². The van der Waals surface area contributed by atoms with Gasteiger partial charge in [0.2, 0.25) is 11.8 Å². The summed E-state index contributed by atoms with van der Waals surface area (Å²) in [4.78, 5) is 50.5. The van der Waals surface area contributed by atoms with Crippen LogP contribution in [0.3, 0.4) is 0 Å². The summed E-state index contributed by atoms with van der Waals surface area (Å²) >= 11 is 0. The van der Waals surface area contributed by atoms with E-state index in [1.54, 1.807) is 12.1 Å². The standard InChI is InChI=1S/C25H26N4O4/c30-22-9-8-21(23(31)28-22)29-24(32)18-7-6-15(12-19(18)25(29)33)14-27-17-10-11-26-20(13-17)16-4-2-1-3-5-16/h1-7,12,17,20-21,26-27H,8-11,13-14H2,(H,28,30,31). The zero-order chi connectivity index (χ0) is 22.9. The molecule has 170 valence electrons. The normalized spacial score (nSPS) is 25.2. The Morgan fingerprint density at radius 1 is 0.939 bits per heavy atom. The second kappa shape index (κ2) is 8.88. The minimum absolute atomic E-state index is 0.110. The summed E-state index contributed by atoms with van der Waals surface area (Å²) in [5.74, 6) is -1.93. The Labute approximate surface area is 191 Å². The van der Waals surface area contributed by atoms with E-state index < -0.39 is 23.8 Å². The van der Waals surface area contributed by atoms with Crippen LogP contribution in [0.5, 0.6) is 0 Å². The van der Waals surface area contributed by atoms with Gasteiger partial charge >= 0.3 is 0 Å². The highest BCUT2D eigenvalue weighted by atomic mass is 16.2. The lowest BCUT2D eigenvalue weighted by atomic mass is 9.93. The minimum atomic E-state index is -0.943. The lowest BCUT2D eigenvalue weighted by Crippen LogP contribution is -2.54. The summed E-state index contributed by atoms with van der Waals surface area (Å²) in [7, 11) is 0. The molecule has 3 heterocycles. The molecule has 0 bridgehead atoms. The number of rotatable bonds is 5. The molecule has 3 aliphatic heterocycles. The molecule has 2 aromatic carbocycles. The van der Waals surface area contributed by atoms with Crippen molar-refractivity contribution in [3.8, 4) is 0 Å². The van der Waals surface area contributed by atoms with E-state index in [2.05, 4.69) is 40.2 Å². The fourth-order valence-corrected chi connectivity index (χ4v) is 4.93. The van der Waals surface area contributed by atoms with Gasteiger partial charge in [-0.25, -0.2) is 0 Å². The lowest BCUT2D eigenvalue weighted by molar-refractivity contribution is -0.136. The maximum Gasteiger partial charge on any atom is 0.262 e. The molecule has 33 heavy (non-hydrogen) atoms. The molecule has 0 radical (unpaired) electrons. The number of nitrogens with zero attached hydrogens (tertiary/aromatic N) is 1. The highest BCUT2D eigenvalue weighted by Gasteiger charge is 2.44. The Kier molecular flexibility index (Phi) is 5.78. The first-order valence-corrected chi connectivity index (χ1v) is 11.4. The summed E-state index contributed by atoms with van der Waals surface area (Å²) in [5, 5.41) is 9.38. The van der Waals surface area contributed by atoms with Crippen LogP contribution in [0.4, 0.5) is 0 Å². The third-order valence-electron chi connectivity index (χ3n) is 6.70. The molecule has 8 nitrogen and oxygen atoms in total. The number of carbonyl (C=O) groups excluding carboxylic acids is 4. The fourth-order valence-electron chi connectivity index (χ4n) is 4.93. The third kappa shape index (κ3) is 4.19. The van der Waals surface area contributed by atoms with Gasteiger partial charge < -0.3 is 10.6 Å². The van der Waals surface area contributed by atoms with Crippen molar-refractivity contribution in [1.29, 1.82) is 0 Å². The van der Waals surface area contributed by atoms with Crippen molar-refractivity contribution in [3.05, 3.63) is 70.8 Å². The van der Waals surface area contributed by atoms with Crippen LogP contribution < -0.4 is 16.0 Å². The topological polar surface area (TPSA) is 108 Å². The van der Waals surface area contributed by atoms with E-state index in [1.807, 2.05) is 12.1 Å². The number of piperidine rings is 2. The molecule has 0 saturated carbocycles. The number of carbonyl (C=O) groups is 4. The van der Waals surface area contributed by atoms with Gasteiger partial charge in [0.05, 0.1) is 11.1 Å². The predicted octanol–water partition coefficient (Wildman–Crippen LogP) is 1.67. The van der Waals surface area contributed by atoms with Gasteiger partial charge in [0.25, 0.3) is 11.8 Å². The number of benzene rings is 2. The average Bonchev–Trinajstić information content (AvgIpc) is 3.08. The van der Waals surface area contributed by atoms with Crippen molar-refractivity contribution < 1.29 is 19.2 Å². The van der Waals surface area contributed by atoms with Gasteiger partial charge in [-0.2, -0.15) is 0 Å². The van der Waals surface area contributed by atoms with E-state index in [0.29, 0.717) is 29.8 Å². The maximum absolute atomic E-state index is 13.0. The van der Waals surface area contributed by atoms with Crippen molar-refractivity contribution in [2.24, 2.45) is 0 Å². The number of fused-ring (bicyclic) bond motifs is 1. The van der Waals surface area contributed by atoms with Crippen molar-refractivity contribution in [1.82, 2.24) is 20.9 Å². The summed E-state index contributed by atoms with van der Waals surface area (Å²) in [6, 6.07) is 15.3. The summed E-state index contributed by atoms with van der Waals surface area (Å²) in [5.41, 5.74) is 2.81. The Morgan fingerprint density at radius 3 is 2.52 bits per heavy atom. The molecule has 3 atom stereocenters. The Morgan fingerprint density at radius 2 is 1.73 bits per heavy atom.